The molecule has 0 unspecified atom stereocenters. The van der Waals surface area contributed by atoms with Crippen molar-refractivity contribution < 1.29 is 9.47 Å². The molecule has 0 aliphatic rings. The lowest BCUT2D eigenvalue weighted by atomic mass is 10.0. The lowest BCUT2D eigenvalue weighted by Gasteiger charge is -2.11. The first kappa shape index (κ1) is 18.8. The summed E-state index contributed by atoms with van der Waals surface area (Å²) in [5.74, 6) is 1.24. The molecule has 0 fully saturated rings. The number of benzene rings is 3. The summed E-state index contributed by atoms with van der Waals surface area (Å²) in [4.78, 5) is 0. The van der Waals surface area contributed by atoms with Crippen LogP contribution in [0.2, 0.25) is 0 Å². The van der Waals surface area contributed by atoms with Crippen LogP contribution in [0.4, 0.5) is 0 Å². The number of methoxy groups -OCH3 is 1. The fourth-order valence-electron chi connectivity index (χ4n) is 2.70. The third-order valence-corrected chi connectivity index (χ3v) is 4.18. The minimum Gasteiger partial charge on any atom is -0.493 e. The zero-order valence-corrected chi connectivity index (χ0v) is 15.4. The van der Waals surface area contributed by atoms with Gasteiger partial charge in [0.25, 0.3) is 0 Å². The van der Waals surface area contributed by atoms with Gasteiger partial charge in [-0.15, -0.1) is 0 Å². The largest absolute Gasteiger partial charge is 0.493 e. The lowest BCUT2D eigenvalue weighted by Crippen LogP contribution is -1.97. The fraction of sp³-hybridized carbons (Fsp3) is 0.0833. The molecule has 4 heteroatoms. The second kappa shape index (κ2) is 9.07. The zero-order chi connectivity index (χ0) is 19.8. The SMILES string of the molecule is COc1cc(/C=C(/C#N)c2ccc(C#N)cc2)ccc1OCc1ccccc1. The van der Waals surface area contributed by atoms with Gasteiger partial charge >= 0.3 is 0 Å². The minimum absolute atomic E-state index is 0.446. The second-order valence-electron chi connectivity index (χ2n) is 6.04. The summed E-state index contributed by atoms with van der Waals surface area (Å²) in [5, 5.41) is 18.4. The first-order valence-electron chi connectivity index (χ1n) is 8.70. The highest BCUT2D eigenvalue weighted by Crippen LogP contribution is 2.30. The lowest BCUT2D eigenvalue weighted by molar-refractivity contribution is 0.284. The Balaban J connectivity index is 1.82. The van der Waals surface area contributed by atoms with E-state index in [0.717, 1.165) is 16.7 Å². The van der Waals surface area contributed by atoms with Crippen molar-refractivity contribution >= 4 is 11.6 Å². The van der Waals surface area contributed by atoms with Gasteiger partial charge in [-0.2, -0.15) is 10.5 Å². The van der Waals surface area contributed by atoms with Crippen molar-refractivity contribution in [3.63, 3.8) is 0 Å². The van der Waals surface area contributed by atoms with Gasteiger partial charge in [-0.1, -0.05) is 48.5 Å². The number of ether oxygens (including phenoxy) is 2. The van der Waals surface area contributed by atoms with Gasteiger partial charge in [-0.05, 0) is 47.0 Å². The van der Waals surface area contributed by atoms with Crippen molar-refractivity contribution in [3.05, 3.63) is 95.1 Å². The fourth-order valence-corrected chi connectivity index (χ4v) is 2.70. The van der Waals surface area contributed by atoms with Gasteiger partial charge in [0, 0.05) is 0 Å². The van der Waals surface area contributed by atoms with E-state index >= 15 is 0 Å². The van der Waals surface area contributed by atoms with E-state index < -0.39 is 0 Å². The van der Waals surface area contributed by atoms with E-state index in [2.05, 4.69) is 12.1 Å². The van der Waals surface area contributed by atoms with Crippen LogP contribution in [0.25, 0.3) is 11.6 Å². The van der Waals surface area contributed by atoms with E-state index in [4.69, 9.17) is 14.7 Å². The standard InChI is InChI=1S/C24H18N2O2/c1-27-24-14-20(9-12-23(24)28-17-19-5-3-2-4-6-19)13-22(16-26)21-10-7-18(15-25)8-11-21/h2-14H,17H2,1H3/b22-13-. The Morgan fingerprint density at radius 3 is 2.32 bits per heavy atom. The van der Waals surface area contributed by atoms with Crippen molar-refractivity contribution in [2.24, 2.45) is 0 Å². The van der Waals surface area contributed by atoms with Crippen LogP contribution >= 0.6 is 0 Å². The highest BCUT2D eigenvalue weighted by molar-refractivity contribution is 5.89. The molecule has 0 spiro atoms. The molecule has 3 aromatic rings. The summed E-state index contributed by atoms with van der Waals surface area (Å²) >= 11 is 0. The number of nitrogens with zero attached hydrogens (tertiary/aromatic N) is 2. The molecule has 0 bridgehead atoms. The molecule has 0 amide bonds. The third kappa shape index (κ3) is 4.58. The Hall–Kier alpha value is -4.02. The molecule has 136 valence electrons. The molecule has 28 heavy (non-hydrogen) atoms. The van der Waals surface area contributed by atoms with Crippen LogP contribution in [0.3, 0.4) is 0 Å². The van der Waals surface area contributed by atoms with Gasteiger partial charge in [0.2, 0.25) is 0 Å². The monoisotopic (exact) mass is 366 g/mol. The number of hydrogen-bond donors (Lipinski definition) is 0. The van der Waals surface area contributed by atoms with E-state index in [0.29, 0.717) is 29.2 Å². The van der Waals surface area contributed by atoms with E-state index in [9.17, 15) is 5.26 Å². The number of nitriles is 2. The van der Waals surface area contributed by atoms with Gasteiger partial charge in [0.05, 0.1) is 30.4 Å². The smallest absolute Gasteiger partial charge is 0.161 e. The normalized spacial score (nSPS) is 10.6. The molecule has 4 nitrogen and oxygen atoms in total. The molecule has 0 radical (unpaired) electrons. The Kier molecular flexibility index (Phi) is 6.08. The van der Waals surface area contributed by atoms with Crippen LogP contribution in [0.1, 0.15) is 22.3 Å². The van der Waals surface area contributed by atoms with Gasteiger partial charge in [-0.3, -0.25) is 0 Å². The van der Waals surface area contributed by atoms with Crippen LogP contribution in [0, 0.1) is 22.7 Å². The van der Waals surface area contributed by atoms with Crippen LogP contribution in [0.5, 0.6) is 11.5 Å². The molecular weight excluding hydrogens is 348 g/mol. The van der Waals surface area contributed by atoms with Gasteiger partial charge in [0.1, 0.15) is 6.61 Å². The summed E-state index contributed by atoms with van der Waals surface area (Å²) in [5.41, 5.74) is 3.71. The van der Waals surface area contributed by atoms with Gasteiger partial charge in [-0.25, -0.2) is 0 Å². The minimum atomic E-state index is 0.446. The Morgan fingerprint density at radius 1 is 0.929 bits per heavy atom. The Morgan fingerprint density at radius 2 is 1.68 bits per heavy atom. The topological polar surface area (TPSA) is 66.0 Å². The van der Waals surface area contributed by atoms with Crippen molar-refractivity contribution in [1.29, 1.82) is 10.5 Å². The quantitative estimate of drug-likeness (QED) is 0.444. The predicted molar refractivity (Wildman–Crippen MR) is 108 cm³/mol. The van der Waals surface area contributed by atoms with Crippen LogP contribution < -0.4 is 9.47 Å². The maximum absolute atomic E-state index is 9.52. The van der Waals surface area contributed by atoms with Crippen molar-refractivity contribution in [1.82, 2.24) is 0 Å². The number of hydrogen-bond acceptors (Lipinski definition) is 4. The maximum Gasteiger partial charge on any atom is 0.161 e. The van der Waals surface area contributed by atoms with Gasteiger partial charge < -0.3 is 9.47 Å². The van der Waals surface area contributed by atoms with Crippen molar-refractivity contribution in [3.8, 4) is 23.6 Å². The summed E-state index contributed by atoms with van der Waals surface area (Å²) in [6, 6.07) is 26.7. The summed E-state index contributed by atoms with van der Waals surface area (Å²) in [6.07, 6.45) is 1.78. The molecule has 0 N–H and O–H groups in total. The molecule has 0 saturated carbocycles. The Labute approximate surface area is 164 Å². The molecule has 0 saturated heterocycles. The molecular formula is C24H18N2O2. The summed E-state index contributed by atoms with van der Waals surface area (Å²) < 4.78 is 11.3. The molecule has 0 aromatic heterocycles. The average Bonchev–Trinajstić information content (AvgIpc) is 2.77. The molecule has 0 aliphatic carbocycles. The number of rotatable bonds is 6. The van der Waals surface area contributed by atoms with E-state index in [1.165, 1.54) is 0 Å². The van der Waals surface area contributed by atoms with E-state index in [1.54, 1.807) is 37.5 Å². The van der Waals surface area contributed by atoms with Gasteiger partial charge in [0.15, 0.2) is 11.5 Å². The van der Waals surface area contributed by atoms with E-state index in [1.807, 2.05) is 48.5 Å². The molecule has 0 aliphatic heterocycles. The highest BCUT2D eigenvalue weighted by Gasteiger charge is 2.07. The Bertz CT molecular complexity index is 1060. The molecule has 3 rings (SSSR count). The van der Waals surface area contributed by atoms with E-state index in [-0.39, 0.29) is 0 Å². The predicted octanol–water partition coefficient (Wildman–Crippen LogP) is 5.21. The first-order chi connectivity index (χ1) is 13.7. The third-order valence-electron chi connectivity index (χ3n) is 4.18. The molecule has 3 aromatic carbocycles. The highest BCUT2D eigenvalue weighted by atomic mass is 16.5. The maximum atomic E-state index is 9.52. The van der Waals surface area contributed by atoms with Crippen LogP contribution in [-0.2, 0) is 6.61 Å². The number of allylic oxidation sites excluding steroid dienone is 1. The summed E-state index contributed by atoms with van der Waals surface area (Å²) in [7, 11) is 1.59. The average molecular weight is 366 g/mol. The van der Waals surface area contributed by atoms with Crippen molar-refractivity contribution in [2.45, 2.75) is 6.61 Å². The molecule has 0 heterocycles. The molecule has 0 atom stereocenters. The zero-order valence-electron chi connectivity index (χ0n) is 15.4. The van der Waals surface area contributed by atoms with Crippen molar-refractivity contribution in [2.75, 3.05) is 7.11 Å². The summed E-state index contributed by atoms with van der Waals surface area (Å²) in [6.45, 7) is 0.446. The second-order valence-corrected chi connectivity index (χ2v) is 6.04. The first-order valence-corrected chi connectivity index (χ1v) is 8.70. The van der Waals surface area contributed by atoms with Crippen LogP contribution in [0.15, 0.2) is 72.8 Å². The van der Waals surface area contributed by atoms with Crippen LogP contribution in [-0.4, -0.2) is 7.11 Å².